The van der Waals surface area contributed by atoms with Gasteiger partial charge in [-0.25, -0.2) is 0 Å². The number of amides is 1. The molecule has 1 saturated heterocycles. The Labute approximate surface area is 147 Å². The topological polar surface area (TPSA) is 35.6 Å². The van der Waals surface area contributed by atoms with Crippen LogP contribution in [0.2, 0.25) is 0 Å². The number of nitrogens with one attached hydrogen (secondary N) is 1. The molecule has 0 aromatic rings. The average molecular weight is 334 g/mol. The molecule has 0 aromatic carbocycles. The molecule has 1 unspecified atom stereocenters. The molecule has 2 fully saturated rings. The highest BCUT2D eigenvalue weighted by atomic mass is 16.2. The summed E-state index contributed by atoms with van der Waals surface area (Å²) >= 11 is 0. The third-order valence-corrected chi connectivity index (χ3v) is 6.25. The number of allylic oxidation sites excluding steroid dienone is 1. The van der Waals surface area contributed by atoms with Gasteiger partial charge in [-0.15, -0.1) is 0 Å². The summed E-state index contributed by atoms with van der Waals surface area (Å²) in [6, 6.07) is 0.830. The summed E-state index contributed by atoms with van der Waals surface area (Å²) in [6.45, 7) is 7.22. The number of hydrogen-bond acceptors (Lipinski definition) is 3. The summed E-state index contributed by atoms with van der Waals surface area (Å²) in [5.74, 6) is 0.209. The fourth-order valence-corrected chi connectivity index (χ4v) is 4.55. The highest BCUT2D eigenvalue weighted by molar-refractivity contribution is 5.81. The van der Waals surface area contributed by atoms with Gasteiger partial charge in [0, 0.05) is 38.8 Å². The highest BCUT2D eigenvalue weighted by Crippen LogP contribution is 2.24. The lowest BCUT2D eigenvalue weighted by Gasteiger charge is -2.40. The smallest absolute Gasteiger partial charge is 0.237 e. The third kappa shape index (κ3) is 4.82. The Balaban J connectivity index is 1.35. The predicted octanol–water partition coefficient (Wildman–Crippen LogP) is 2.94. The molecule has 3 aliphatic rings. The van der Waals surface area contributed by atoms with Gasteiger partial charge in [-0.2, -0.15) is 0 Å². The fraction of sp³-hybridized carbons (Fsp3) is 0.850. The van der Waals surface area contributed by atoms with E-state index in [1.54, 1.807) is 5.57 Å². The van der Waals surface area contributed by atoms with Gasteiger partial charge in [0.25, 0.3) is 0 Å². The zero-order valence-electron chi connectivity index (χ0n) is 15.4. The highest BCUT2D eigenvalue weighted by Gasteiger charge is 2.29. The van der Waals surface area contributed by atoms with Crippen LogP contribution >= 0.6 is 0 Å². The second-order valence-electron chi connectivity index (χ2n) is 7.84. The van der Waals surface area contributed by atoms with E-state index < -0.39 is 0 Å². The van der Waals surface area contributed by atoms with Crippen molar-refractivity contribution in [3.63, 3.8) is 0 Å². The van der Waals surface area contributed by atoms with Crippen LogP contribution in [-0.2, 0) is 4.79 Å². The quantitative estimate of drug-likeness (QED) is 0.759. The normalized spacial score (nSPS) is 25.5. The zero-order valence-corrected chi connectivity index (χ0v) is 15.4. The van der Waals surface area contributed by atoms with E-state index in [2.05, 4.69) is 28.1 Å². The van der Waals surface area contributed by atoms with Crippen LogP contribution in [0.4, 0.5) is 0 Å². The maximum absolute atomic E-state index is 12.4. The molecule has 0 spiro atoms. The minimum absolute atomic E-state index is 0.0102. The van der Waals surface area contributed by atoms with E-state index in [4.69, 9.17) is 0 Å². The molecule has 3 rings (SSSR count). The van der Waals surface area contributed by atoms with E-state index in [0.29, 0.717) is 0 Å². The van der Waals surface area contributed by atoms with Gasteiger partial charge < -0.3 is 5.32 Å². The number of carbonyl (C=O) groups excluding carboxylic acids is 1. The summed E-state index contributed by atoms with van der Waals surface area (Å²) < 4.78 is 0. The Morgan fingerprint density at radius 1 is 1.17 bits per heavy atom. The average Bonchev–Trinajstić information content (AvgIpc) is 3.17. The van der Waals surface area contributed by atoms with Gasteiger partial charge in [-0.3, -0.25) is 14.6 Å². The molecule has 0 radical (unpaired) electrons. The summed E-state index contributed by atoms with van der Waals surface area (Å²) in [7, 11) is 0. The van der Waals surface area contributed by atoms with Crippen molar-refractivity contribution in [2.24, 2.45) is 0 Å². The Morgan fingerprint density at radius 2 is 1.92 bits per heavy atom. The molecule has 0 bridgehead atoms. The SMILES string of the molecule is CC(C(=O)NCCC1=CCCCC1)N1CCN(C2CCCC2)CC1. The number of nitrogens with zero attached hydrogens (tertiary/aromatic N) is 2. The molecule has 136 valence electrons. The monoisotopic (exact) mass is 333 g/mol. The van der Waals surface area contributed by atoms with Crippen LogP contribution in [0.15, 0.2) is 11.6 Å². The molecule has 4 heteroatoms. The molecule has 24 heavy (non-hydrogen) atoms. The van der Waals surface area contributed by atoms with Crippen LogP contribution in [0.25, 0.3) is 0 Å². The number of rotatable bonds is 6. The summed E-state index contributed by atoms with van der Waals surface area (Å²) in [6.07, 6.45) is 14.1. The maximum atomic E-state index is 12.4. The largest absolute Gasteiger partial charge is 0.354 e. The Hall–Kier alpha value is -0.870. The predicted molar refractivity (Wildman–Crippen MR) is 99.0 cm³/mol. The van der Waals surface area contributed by atoms with Crippen molar-refractivity contribution in [1.29, 1.82) is 0 Å². The molecule has 0 aromatic heterocycles. The van der Waals surface area contributed by atoms with E-state index >= 15 is 0 Å². The van der Waals surface area contributed by atoms with Gasteiger partial charge in [0.15, 0.2) is 0 Å². The second-order valence-corrected chi connectivity index (χ2v) is 7.84. The number of piperazine rings is 1. The van der Waals surface area contributed by atoms with Gasteiger partial charge in [-0.1, -0.05) is 24.5 Å². The van der Waals surface area contributed by atoms with Crippen LogP contribution < -0.4 is 5.32 Å². The maximum Gasteiger partial charge on any atom is 0.237 e. The van der Waals surface area contributed by atoms with Crippen molar-refractivity contribution in [3.05, 3.63) is 11.6 Å². The lowest BCUT2D eigenvalue weighted by Crippen LogP contribution is -2.55. The van der Waals surface area contributed by atoms with Crippen molar-refractivity contribution in [1.82, 2.24) is 15.1 Å². The van der Waals surface area contributed by atoms with Gasteiger partial charge >= 0.3 is 0 Å². The molecule has 1 N–H and O–H groups in total. The first-order valence-electron chi connectivity index (χ1n) is 10.2. The third-order valence-electron chi connectivity index (χ3n) is 6.25. The fourth-order valence-electron chi connectivity index (χ4n) is 4.55. The van der Waals surface area contributed by atoms with E-state index in [-0.39, 0.29) is 11.9 Å². The lowest BCUT2D eigenvalue weighted by molar-refractivity contribution is -0.126. The van der Waals surface area contributed by atoms with Gasteiger partial charge in [0.05, 0.1) is 6.04 Å². The Kier molecular flexibility index (Phi) is 6.73. The Morgan fingerprint density at radius 3 is 2.58 bits per heavy atom. The van der Waals surface area contributed by atoms with Crippen LogP contribution in [0.1, 0.15) is 64.7 Å². The van der Waals surface area contributed by atoms with E-state index in [0.717, 1.165) is 45.2 Å². The minimum Gasteiger partial charge on any atom is -0.354 e. The molecule has 2 aliphatic carbocycles. The van der Waals surface area contributed by atoms with E-state index in [1.807, 2.05) is 0 Å². The van der Waals surface area contributed by atoms with E-state index in [1.165, 1.54) is 51.4 Å². The van der Waals surface area contributed by atoms with Crippen molar-refractivity contribution in [2.45, 2.75) is 76.8 Å². The van der Waals surface area contributed by atoms with Crippen LogP contribution in [0.5, 0.6) is 0 Å². The number of hydrogen-bond donors (Lipinski definition) is 1. The summed E-state index contributed by atoms with van der Waals surface area (Å²) in [5.41, 5.74) is 1.54. The standard InChI is InChI=1S/C20H35N3O/c1-17(20(24)21-12-11-18-7-3-2-4-8-18)22-13-15-23(16-14-22)19-9-5-6-10-19/h7,17,19H,2-6,8-16H2,1H3,(H,21,24). The first-order valence-corrected chi connectivity index (χ1v) is 10.2. The van der Waals surface area contributed by atoms with Crippen molar-refractivity contribution >= 4 is 5.91 Å². The van der Waals surface area contributed by atoms with Crippen molar-refractivity contribution in [2.75, 3.05) is 32.7 Å². The van der Waals surface area contributed by atoms with Gasteiger partial charge in [0.1, 0.15) is 0 Å². The van der Waals surface area contributed by atoms with Crippen molar-refractivity contribution < 1.29 is 4.79 Å². The first-order chi connectivity index (χ1) is 11.7. The van der Waals surface area contributed by atoms with Crippen LogP contribution in [0, 0.1) is 0 Å². The molecule has 1 aliphatic heterocycles. The Bertz CT molecular complexity index is 434. The molecule has 4 nitrogen and oxygen atoms in total. The van der Waals surface area contributed by atoms with Gasteiger partial charge in [0.2, 0.25) is 5.91 Å². The zero-order chi connectivity index (χ0) is 16.8. The van der Waals surface area contributed by atoms with Crippen LogP contribution in [0.3, 0.4) is 0 Å². The van der Waals surface area contributed by atoms with Crippen LogP contribution in [-0.4, -0.2) is 60.5 Å². The molecular weight excluding hydrogens is 298 g/mol. The summed E-state index contributed by atoms with van der Waals surface area (Å²) in [4.78, 5) is 17.5. The molecular formula is C20H35N3O. The molecule has 1 amide bonds. The molecule has 1 atom stereocenters. The summed E-state index contributed by atoms with van der Waals surface area (Å²) in [5, 5.41) is 3.16. The number of carbonyl (C=O) groups is 1. The second kappa shape index (κ2) is 9.00. The lowest BCUT2D eigenvalue weighted by atomic mass is 9.97. The molecule has 1 saturated carbocycles. The molecule has 1 heterocycles. The van der Waals surface area contributed by atoms with Crippen molar-refractivity contribution in [3.8, 4) is 0 Å². The minimum atomic E-state index is 0.0102. The first kappa shape index (κ1) is 17.9. The van der Waals surface area contributed by atoms with E-state index in [9.17, 15) is 4.79 Å². The van der Waals surface area contributed by atoms with Gasteiger partial charge in [-0.05, 0) is 51.9 Å².